The van der Waals surface area contributed by atoms with Crippen LogP contribution in [0.1, 0.15) is 49.9 Å². The number of rotatable bonds is 4. The molecule has 0 aliphatic carbocycles. The van der Waals surface area contributed by atoms with Crippen molar-refractivity contribution in [3.63, 3.8) is 0 Å². The fourth-order valence-corrected chi connectivity index (χ4v) is 2.93. The van der Waals surface area contributed by atoms with Crippen molar-refractivity contribution in [2.75, 3.05) is 6.54 Å². The van der Waals surface area contributed by atoms with E-state index in [4.69, 9.17) is 0 Å². The van der Waals surface area contributed by atoms with Crippen LogP contribution in [0, 0.1) is 12.3 Å². The molecule has 0 bridgehead atoms. The van der Waals surface area contributed by atoms with Crippen molar-refractivity contribution < 1.29 is 0 Å². The topological polar surface area (TPSA) is 12.0 Å². The van der Waals surface area contributed by atoms with Crippen molar-refractivity contribution in [2.45, 2.75) is 47.1 Å². The molecule has 2 heteroatoms. The van der Waals surface area contributed by atoms with Gasteiger partial charge in [0.15, 0.2) is 0 Å². The maximum absolute atomic E-state index is 3.65. The van der Waals surface area contributed by atoms with Crippen LogP contribution in [0.4, 0.5) is 0 Å². The van der Waals surface area contributed by atoms with E-state index in [0.717, 1.165) is 6.54 Å². The van der Waals surface area contributed by atoms with Crippen molar-refractivity contribution in [2.24, 2.45) is 5.41 Å². The van der Waals surface area contributed by atoms with Gasteiger partial charge in [-0.15, -0.1) is 11.3 Å². The molecular weight excluding hydrogens is 202 g/mol. The second kappa shape index (κ2) is 5.13. The van der Waals surface area contributed by atoms with E-state index in [0.29, 0.717) is 6.04 Å². The van der Waals surface area contributed by atoms with Crippen LogP contribution in [-0.2, 0) is 0 Å². The lowest BCUT2D eigenvalue weighted by Crippen LogP contribution is -2.32. The number of hydrogen-bond donors (Lipinski definition) is 1. The molecule has 0 aliphatic rings. The van der Waals surface area contributed by atoms with Crippen LogP contribution in [-0.4, -0.2) is 6.54 Å². The first-order valence-electron chi connectivity index (χ1n) is 5.75. The molecule has 0 saturated heterocycles. The van der Waals surface area contributed by atoms with Crippen LogP contribution in [0.25, 0.3) is 0 Å². The van der Waals surface area contributed by atoms with Crippen molar-refractivity contribution in [3.05, 3.63) is 21.9 Å². The van der Waals surface area contributed by atoms with E-state index in [2.05, 4.69) is 52.1 Å². The van der Waals surface area contributed by atoms with E-state index < -0.39 is 0 Å². The third kappa shape index (κ3) is 3.62. The lowest BCUT2D eigenvalue weighted by Gasteiger charge is -2.31. The molecule has 0 spiro atoms. The van der Waals surface area contributed by atoms with Gasteiger partial charge in [-0.2, -0.15) is 0 Å². The van der Waals surface area contributed by atoms with Crippen LogP contribution < -0.4 is 5.32 Å². The van der Waals surface area contributed by atoms with Gasteiger partial charge < -0.3 is 5.32 Å². The highest BCUT2D eigenvalue weighted by atomic mass is 32.1. The second-order valence-electron chi connectivity index (χ2n) is 5.20. The van der Waals surface area contributed by atoms with Gasteiger partial charge >= 0.3 is 0 Å². The Morgan fingerprint density at radius 1 is 1.33 bits per heavy atom. The molecule has 1 heterocycles. The van der Waals surface area contributed by atoms with Crippen molar-refractivity contribution >= 4 is 11.3 Å². The minimum Gasteiger partial charge on any atom is -0.309 e. The molecule has 15 heavy (non-hydrogen) atoms. The number of thiophene rings is 1. The van der Waals surface area contributed by atoms with E-state index in [1.165, 1.54) is 16.2 Å². The summed E-state index contributed by atoms with van der Waals surface area (Å²) in [7, 11) is 0. The zero-order valence-corrected chi connectivity index (χ0v) is 11.4. The summed E-state index contributed by atoms with van der Waals surface area (Å²) in [6.07, 6.45) is 1.19. The molecule has 0 aromatic carbocycles. The van der Waals surface area contributed by atoms with Gasteiger partial charge in [-0.1, -0.05) is 27.7 Å². The predicted octanol–water partition coefficient (Wildman–Crippen LogP) is 4.14. The van der Waals surface area contributed by atoms with Crippen molar-refractivity contribution in [1.29, 1.82) is 0 Å². The zero-order chi connectivity index (χ0) is 11.5. The molecule has 1 atom stereocenters. The van der Waals surface area contributed by atoms with Crippen LogP contribution >= 0.6 is 11.3 Å². The van der Waals surface area contributed by atoms with Gasteiger partial charge in [-0.25, -0.2) is 0 Å². The van der Waals surface area contributed by atoms with Gasteiger partial charge in [0.1, 0.15) is 0 Å². The minimum absolute atomic E-state index is 0.284. The maximum Gasteiger partial charge on any atom is 0.0464 e. The van der Waals surface area contributed by atoms with E-state index in [-0.39, 0.29) is 5.41 Å². The van der Waals surface area contributed by atoms with E-state index in [1.54, 1.807) is 0 Å². The van der Waals surface area contributed by atoms with Gasteiger partial charge in [-0.05, 0) is 37.4 Å². The van der Waals surface area contributed by atoms with Gasteiger partial charge in [0.25, 0.3) is 0 Å². The molecule has 1 aromatic heterocycles. The second-order valence-corrected chi connectivity index (χ2v) is 6.52. The van der Waals surface area contributed by atoms with Crippen molar-refractivity contribution in [3.8, 4) is 0 Å². The molecule has 1 aromatic rings. The molecular formula is C13H23NS. The highest BCUT2D eigenvalue weighted by Crippen LogP contribution is 2.36. The quantitative estimate of drug-likeness (QED) is 0.812. The highest BCUT2D eigenvalue weighted by molar-refractivity contribution is 7.12. The smallest absolute Gasteiger partial charge is 0.0464 e. The summed E-state index contributed by atoms with van der Waals surface area (Å²) in [5.74, 6) is 0. The Morgan fingerprint density at radius 2 is 2.00 bits per heavy atom. The monoisotopic (exact) mass is 225 g/mol. The molecule has 1 N–H and O–H groups in total. The average Bonchev–Trinajstić information content (AvgIpc) is 2.50. The molecule has 1 rings (SSSR count). The maximum atomic E-state index is 3.65. The summed E-state index contributed by atoms with van der Waals surface area (Å²) in [5.41, 5.74) is 0.284. The molecule has 1 unspecified atom stereocenters. The Kier molecular flexibility index (Phi) is 4.35. The third-order valence-electron chi connectivity index (χ3n) is 2.51. The summed E-state index contributed by atoms with van der Waals surface area (Å²) >= 11 is 1.91. The molecule has 0 amide bonds. The Balaban J connectivity index is 2.81. The summed E-state index contributed by atoms with van der Waals surface area (Å²) in [6, 6.07) is 4.96. The van der Waals surface area contributed by atoms with E-state index in [9.17, 15) is 0 Å². The van der Waals surface area contributed by atoms with Gasteiger partial charge in [-0.3, -0.25) is 0 Å². The number of hydrogen-bond acceptors (Lipinski definition) is 2. The Hall–Kier alpha value is -0.340. The zero-order valence-electron chi connectivity index (χ0n) is 10.6. The fraction of sp³-hybridized carbons (Fsp3) is 0.692. The van der Waals surface area contributed by atoms with Crippen LogP contribution in [0.2, 0.25) is 0 Å². The van der Waals surface area contributed by atoms with Gasteiger partial charge in [0, 0.05) is 15.8 Å². The first-order chi connectivity index (χ1) is 6.95. The molecule has 1 nitrogen and oxygen atoms in total. The Bertz CT molecular complexity index is 296. The van der Waals surface area contributed by atoms with Crippen LogP contribution in [0.5, 0.6) is 0 Å². The fourth-order valence-electron chi connectivity index (χ4n) is 1.73. The largest absolute Gasteiger partial charge is 0.309 e. The number of aryl methyl sites for hydroxylation is 1. The van der Waals surface area contributed by atoms with Gasteiger partial charge in [0.05, 0.1) is 0 Å². The number of nitrogens with one attached hydrogen (secondary N) is 1. The van der Waals surface area contributed by atoms with Crippen molar-refractivity contribution in [1.82, 2.24) is 5.32 Å². The van der Waals surface area contributed by atoms with Crippen LogP contribution in [0.15, 0.2) is 12.1 Å². The molecule has 0 fully saturated rings. The third-order valence-corrected chi connectivity index (χ3v) is 3.58. The first-order valence-corrected chi connectivity index (χ1v) is 6.56. The van der Waals surface area contributed by atoms with Gasteiger partial charge in [0.2, 0.25) is 0 Å². The molecule has 0 aliphatic heterocycles. The molecule has 0 saturated carbocycles. The highest BCUT2D eigenvalue weighted by Gasteiger charge is 2.26. The molecule has 0 radical (unpaired) electrons. The SMILES string of the molecule is CCCNC(c1ccc(C)s1)C(C)(C)C. The Morgan fingerprint density at radius 3 is 2.40 bits per heavy atom. The lowest BCUT2D eigenvalue weighted by atomic mass is 9.86. The first kappa shape index (κ1) is 12.7. The summed E-state index contributed by atoms with van der Waals surface area (Å²) in [5, 5.41) is 3.65. The molecule has 86 valence electrons. The summed E-state index contributed by atoms with van der Waals surface area (Å²) in [4.78, 5) is 2.87. The van der Waals surface area contributed by atoms with E-state index in [1.807, 2.05) is 11.3 Å². The average molecular weight is 225 g/mol. The standard InChI is InChI=1S/C13H23NS/c1-6-9-14-12(13(3,4)5)11-8-7-10(2)15-11/h7-8,12,14H,6,9H2,1-5H3. The predicted molar refractivity (Wildman–Crippen MR) is 69.5 cm³/mol. The normalized spacial score (nSPS) is 14.2. The Labute approximate surface area is 97.9 Å². The van der Waals surface area contributed by atoms with Crippen LogP contribution in [0.3, 0.4) is 0 Å². The summed E-state index contributed by atoms with van der Waals surface area (Å²) < 4.78 is 0. The minimum atomic E-state index is 0.284. The van der Waals surface area contributed by atoms with E-state index >= 15 is 0 Å². The lowest BCUT2D eigenvalue weighted by molar-refractivity contribution is 0.277. The summed E-state index contributed by atoms with van der Waals surface area (Å²) in [6.45, 7) is 12.4.